The normalized spacial score (nSPS) is 10.8. The number of methoxy groups -OCH3 is 1. The number of aliphatic imine (C=N–C) groups is 1. The summed E-state index contributed by atoms with van der Waals surface area (Å²) in [5, 5.41) is 10.4. The summed E-state index contributed by atoms with van der Waals surface area (Å²) >= 11 is 0. The van der Waals surface area contributed by atoms with E-state index in [4.69, 9.17) is 9.26 Å². The second kappa shape index (κ2) is 10.1. The Morgan fingerprint density at radius 3 is 2.70 bits per heavy atom. The van der Waals surface area contributed by atoms with Crippen LogP contribution in [0.4, 0.5) is 0 Å². The van der Waals surface area contributed by atoms with Crippen LogP contribution in [0.3, 0.4) is 0 Å². The predicted molar refractivity (Wildman–Crippen MR) is 101 cm³/mol. The van der Waals surface area contributed by atoms with Crippen LogP contribution in [0, 0.1) is 0 Å². The second-order valence-electron chi connectivity index (χ2n) is 4.77. The lowest BCUT2D eigenvalue weighted by atomic mass is 10.2. The fraction of sp³-hybridized carbons (Fsp3) is 0.375. The number of guanidine groups is 1. The minimum atomic E-state index is 0. The number of nitrogens with zero attached hydrogens (tertiary/aromatic N) is 2. The molecule has 2 N–H and O–H groups in total. The number of rotatable bonds is 6. The van der Waals surface area contributed by atoms with Crippen LogP contribution in [0.2, 0.25) is 0 Å². The molecule has 2 aromatic rings. The lowest BCUT2D eigenvalue weighted by Crippen LogP contribution is -2.36. The van der Waals surface area contributed by atoms with Crippen LogP contribution in [-0.2, 0) is 19.5 Å². The summed E-state index contributed by atoms with van der Waals surface area (Å²) in [6.07, 6.45) is 0.867. The van der Waals surface area contributed by atoms with Gasteiger partial charge in [0.15, 0.2) is 11.7 Å². The quantitative estimate of drug-likeness (QED) is 0.419. The molecule has 0 aliphatic heterocycles. The van der Waals surface area contributed by atoms with Gasteiger partial charge in [0.25, 0.3) is 0 Å². The fourth-order valence-corrected chi connectivity index (χ4v) is 1.97. The first-order valence-corrected chi connectivity index (χ1v) is 7.27. The Kier molecular flexibility index (Phi) is 8.46. The molecule has 0 aliphatic carbocycles. The van der Waals surface area contributed by atoms with Gasteiger partial charge >= 0.3 is 0 Å². The predicted octanol–water partition coefficient (Wildman–Crippen LogP) is 2.73. The number of benzene rings is 1. The molecule has 0 atom stereocenters. The van der Waals surface area contributed by atoms with E-state index in [1.54, 1.807) is 14.2 Å². The number of hydrogen-bond donors (Lipinski definition) is 2. The smallest absolute Gasteiger partial charge is 0.191 e. The van der Waals surface area contributed by atoms with Crippen molar-refractivity contribution in [2.24, 2.45) is 4.99 Å². The van der Waals surface area contributed by atoms with Gasteiger partial charge in [-0.1, -0.05) is 24.2 Å². The van der Waals surface area contributed by atoms with Gasteiger partial charge in [-0.05, 0) is 24.1 Å². The lowest BCUT2D eigenvalue weighted by molar-refractivity contribution is 0.374. The van der Waals surface area contributed by atoms with E-state index >= 15 is 0 Å². The highest BCUT2D eigenvalue weighted by Crippen LogP contribution is 2.12. The van der Waals surface area contributed by atoms with Gasteiger partial charge < -0.3 is 19.9 Å². The number of aromatic nitrogens is 1. The van der Waals surface area contributed by atoms with Crippen LogP contribution < -0.4 is 15.4 Å². The minimum absolute atomic E-state index is 0. The van der Waals surface area contributed by atoms with E-state index in [-0.39, 0.29) is 24.0 Å². The topological polar surface area (TPSA) is 71.7 Å². The van der Waals surface area contributed by atoms with Crippen LogP contribution >= 0.6 is 24.0 Å². The second-order valence-corrected chi connectivity index (χ2v) is 4.77. The number of nitrogens with one attached hydrogen (secondary N) is 2. The lowest BCUT2D eigenvalue weighted by Gasteiger charge is -2.11. The number of ether oxygens (including phenoxy) is 1. The summed E-state index contributed by atoms with van der Waals surface area (Å²) in [7, 11) is 3.40. The van der Waals surface area contributed by atoms with Gasteiger partial charge in [-0.3, -0.25) is 4.99 Å². The molecule has 0 amide bonds. The third-order valence-electron chi connectivity index (χ3n) is 3.22. The highest BCUT2D eigenvalue weighted by molar-refractivity contribution is 14.0. The summed E-state index contributed by atoms with van der Waals surface area (Å²) in [5.74, 6) is 2.34. The average molecular weight is 430 g/mol. The summed E-state index contributed by atoms with van der Waals surface area (Å²) in [4.78, 5) is 4.19. The molecule has 0 saturated heterocycles. The Morgan fingerprint density at radius 1 is 1.26 bits per heavy atom. The van der Waals surface area contributed by atoms with E-state index < -0.39 is 0 Å². The molecule has 6 nitrogen and oxygen atoms in total. The molecule has 0 fully saturated rings. The molecule has 2 rings (SSSR count). The van der Waals surface area contributed by atoms with E-state index in [1.165, 1.54) is 0 Å². The zero-order valence-corrected chi connectivity index (χ0v) is 16.0. The Morgan fingerprint density at radius 2 is 2.04 bits per heavy atom. The molecule has 1 aromatic heterocycles. The molecule has 1 aromatic carbocycles. The van der Waals surface area contributed by atoms with Crippen LogP contribution in [0.5, 0.6) is 5.75 Å². The molecule has 0 unspecified atom stereocenters. The minimum Gasteiger partial charge on any atom is -0.497 e. The van der Waals surface area contributed by atoms with Crippen LogP contribution in [0.15, 0.2) is 39.8 Å². The maximum Gasteiger partial charge on any atom is 0.191 e. The van der Waals surface area contributed by atoms with Crippen molar-refractivity contribution in [2.75, 3.05) is 14.2 Å². The van der Waals surface area contributed by atoms with Gasteiger partial charge in [0.2, 0.25) is 0 Å². The molecule has 0 aliphatic rings. The van der Waals surface area contributed by atoms with E-state index in [9.17, 15) is 0 Å². The Hall–Kier alpha value is -1.77. The SMILES string of the molecule is CCc1cc(CNC(=NC)NCc2cccc(OC)c2)on1.I. The number of hydrogen-bond acceptors (Lipinski definition) is 4. The van der Waals surface area contributed by atoms with Gasteiger partial charge in [0, 0.05) is 19.7 Å². The first kappa shape index (κ1) is 19.3. The molecule has 1 heterocycles. The van der Waals surface area contributed by atoms with E-state index in [0.717, 1.165) is 29.2 Å². The van der Waals surface area contributed by atoms with Gasteiger partial charge in [-0.15, -0.1) is 24.0 Å². The van der Waals surface area contributed by atoms with Crippen LogP contribution in [0.25, 0.3) is 0 Å². The highest BCUT2D eigenvalue weighted by Gasteiger charge is 2.04. The maximum atomic E-state index is 5.23. The standard InChI is InChI=1S/C16H22N4O2.HI/c1-4-13-9-15(22-20-13)11-19-16(17-2)18-10-12-6-5-7-14(8-12)21-3;/h5-9H,4,10-11H2,1-3H3,(H2,17,18,19);1H. The van der Waals surface area contributed by atoms with E-state index in [0.29, 0.717) is 19.0 Å². The Bertz CT molecular complexity index is 628. The Labute approximate surface area is 153 Å². The first-order valence-electron chi connectivity index (χ1n) is 7.27. The summed E-state index contributed by atoms with van der Waals surface area (Å²) in [5.41, 5.74) is 2.08. The van der Waals surface area contributed by atoms with Crippen molar-refractivity contribution in [1.29, 1.82) is 0 Å². The van der Waals surface area contributed by atoms with Gasteiger partial charge in [0.05, 0.1) is 19.3 Å². The number of aryl methyl sites for hydroxylation is 1. The van der Waals surface area contributed by atoms with Gasteiger partial charge in [-0.2, -0.15) is 0 Å². The first-order chi connectivity index (χ1) is 10.7. The molecular weight excluding hydrogens is 407 g/mol. The molecule has 126 valence electrons. The zero-order valence-electron chi connectivity index (χ0n) is 13.6. The highest BCUT2D eigenvalue weighted by atomic mass is 127. The van der Waals surface area contributed by atoms with Crippen molar-refractivity contribution in [3.8, 4) is 5.75 Å². The summed E-state index contributed by atoms with van der Waals surface area (Å²) < 4.78 is 10.4. The van der Waals surface area contributed by atoms with Gasteiger partial charge in [0.1, 0.15) is 5.75 Å². The van der Waals surface area contributed by atoms with Crippen molar-refractivity contribution in [2.45, 2.75) is 26.4 Å². The molecule has 0 radical (unpaired) electrons. The fourth-order valence-electron chi connectivity index (χ4n) is 1.97. The van der Waals surface area contributed by atoms with Crippen molar-refractivity contribution in [1.82, 2.24) is 15.8 Å². The molecule has 0 spiro atoms. The summed E-state index contributed by atoms with van der Waals surface area (Å²) in [6, 6.07) is 9.86. The number of halogens is 1. The molecule has 0 saturated carbocycles. The van der Waals surface area contributed by atoms with Crippen molar-refractivity contribution >= 4 is 29.9 Å². The molecular formula is C16H23IN4O2. The summed E-state index contributed by atoms with van der Waals surface area (Å²) in [6.45, 7) is 3.25. The molecule has 0 bridgehead atoms. The van der Waals surface area contributed by atoms with Crippen molar-refractivity contribution in [3.05, 3.63) is 47.3 Å². The third kappa shape index (κ3) is 6.09. The maximum absolute atomic E-state index is 5.23. The van der Waals surface area contributed by atoms with E-state index in [2.05, 4.69) is 20.8 Å². The monoisotopic (exact) mass is 430 g/mol. The molecule has 23 heavy (non-hydrogen) atoms. The van der Waals surface area contributed by atoms with Crippen LogP contribution in [-0.4, -0.2) is 25.3 Å². The van der Waals surface area contributed by atoms with Crippen molar-refractivity contribution < 1.29 is 9.26 Å². The van der Waals surface area contributed by atoms with E-state index in [1.807, 2.05) is 37.3 Å². The van der Waals surface area contributed by atoms with Crippen molar-refractivity contribution in [3.63, 3.8) is 0 Å². The van der Waals surface area contributed by atoms with Gasteiger partial charge in [-0.25, -0.2) is 0 Å². The zero-order chi connectivity index (χ0) is 15.8. The average Bonchev–Trinajstić information content (AvgIpc) is 3.03. The Balaban J connectivity index is 0.00000264. The molecule has 7 heteroatoms. The largest absolute Gasteiger partial charge is 0.497 e. The third-order valence-corrected chi connectivity index (χ3v) is 3.22. The van der Waals surface area contributed by atoms with Crippen LogP contribution in [0.1, 0.15) is 23.9 Å².